The van der Waals surface area contributed by atoms with E-state index in [9.17, 15) is 34.5 Å². The monoisotopic (exact) mass is 1160 g/mol. The Morgan fingerprint density at radius 3 is 1.19 bits per heavy atom. The van der Waals surface area contributed by atoms with Crippen molar-refractivity contribution in [2.45, 2.75) is 302 Å². The van der Waals surface area contributed by atoms with Crippen molar-refractivity contribution in [3.8, 4) is 0 Å². The number of rotatable bonds is 55. The Labute approximate surface area is 504 Å². The van der Waals surface area contributed by atoms with Crippen LogP contribution in [0.1, 0.15) is 265 Å². The molecule has 0 bridgehead atoms. The van der Waals surface area contributed by atoms with E-state index >= 15 is 0 Å². The molecule has 12 heteroatoms. The van der Waals surface area contributed by atoms with Crippen molar-refractivity contribution in [3.63, 3.8) is 0 Å². The van der Waals surface area contributed by atoms with Gasteiger partial charge >= 0.3 is 23.9 Å². The Morgan fingerprint density at radius 2 is 0.771 bits per heavy atom. The average Bonchev–Trinajstić information content (AvgIpc) is 3.58. The molecule has 1 saturated heterocycles. The number of carboxylic acid groups (broad SMARTS) is 1. The van der Waals surface area contributed by atoms with Crippen LogP contribution in [0.4, 0.5) is 0 Å². The highest BCUT2D eigenvalue weighted by Gasteiger charge is 2.50. The zero-order chi connectivity index (χ0) is 60.3. The number of unbranched alkanes of at least 4 members (excludes halogenated alkanes) is 23. The second kappa shape index (κ2) is 57.8. The summed E-state index contributed by atoms with van der Waals surface area (Å²) in [6.07, 6.45) is 66.1. The summed E-state index contributed by atoms with van der Waals surface area (Å²) < 4.78 is 28.5. The van der Waals surface area contributed by atoms with E-state index in [0.29, 0.717) is 25.7 Å². The number of allylic oxidation sites excluding steroid dienone is 18. The lowest BCUT2D eigenvalue weighted by molar-refractivity contribution is -0.301. The topological polar surface area (TPSA) is 175 Å². The van der Waals surface area contributed by atoms with E-state index in [4.69, 9.17) is 23.7 Å². The van der Waals surface area contributed by atoms with Crippen molar-refractivity contribution >= 4 is 23.9 Å². The molecule has 0 spiro atoms. The molecule has 0 aromatic rings. The van der Waals surface area contributed by atoms with Gasteiger partial charge in [0, 0.05) is 19.3 Å². The molecular weight excluding hydrogens is 1040 g/mol. The van der Waals surface area contributed by atoms with Crippen LogP contribution in [-0.4, -0.2) is 89.2 Å². The van der Waals surface area contributed by atoms with E-state index in [-0.39, 0.29) is 25.9 Å². The molecule has 0 aromatic heterocycles. The summed E-state index contributed by atoms with van der Waals surface area (Å²) in [5.74, 6) is -3.21. The minimum Gasteiger partial charge on any atom is -0.479 e. The van der Waals surface area contributed by atoms with Gasteiger partial charge in [-0.05, 0) is 122 Å². The van der Waals surface area contributed by atoms with Crippen LogP contribution in [0.25, 0.3) is 0 Å². The molecule has 0 radical (unpaired) electrons. The van der Waals surface area contributed by atoms with Crippen LogP contribution >= 0.6 is 0 Å². The zero-order valence-corrected chi connectivity index (χ0v) is 52.2. The maximum Gasteiger partial charge on any atom is 0.335 e. The summed E-state index contributed by atoms with van der Waals surface area (Å²) in [5, 5.41) is 31.6. The molecule has 6 unspecified atom stereocenters. The number of carboxylic acids is 1. The number of aliphatic carboxylic acids is 1. The normalized spacial score (nSPS) is 18.3. The van der Waals surface area contributed by atoms with Crippen LogP contribution in [0.5, 0.6) is 0 Å². The van der Waals surface area contributed by atoms with Gasteiger partial charge in [-0.25, -0.2) is 4.79 Å². The summed E-state index contributed by atoms with van der Waals surface area (Å²) >= 11 is 0. The van der Waals surface area contributed by atoms with Gasteiger partial charge < -0.3 is 39.0 Å². The van der Waals surface area contributed by atoms with Crippen molar-refractivity contribution in [3.05, 3.63) is 109 Å². The van der Waals surface area contributed by atoms with Crippen molar-refractivity contribution in [1.29, 1.82) is 0 Å². The largest absolute Gasteiger partial charge is 0.479 e. The van der Waals surface area contributed by atoms with Crippen molar-refractivity contribution in [2.75, 3.05) is 13.2 Å². The molecule has 3 N–H and O–H groups in total. The highest BCUT2D eigenvalue weighted by molar-refractivity contribution is 5.74. The van der Waals surface area contributed by atoms with Gasteiger partial charge in [-0.1, -0.05) is 233 Å². The first-order valence-corrected chi connectivity index (χ1v) is 32.9. The first-order chi connectivity index (χ1) is 40.6. The third-order valence-electron chi connectivity index (χ3n) is 14.3. The maximum absolute atomic E-state index is 13.2. The third kappa shape index (κ3) is 47.3. The summed E-state index contributed by atoms with van der Waals surface area (Å²) in [6.45, 7) is 5.79. The second-order valence-electron chi connectivity index (χ2n) is 22.0. The lowest BCUT2D eigenvalue weighted by atomic mass is 9.98. The Morgan fingerprint density at radius 1 is 0.410 bits per heavy atom. The number of esters is 3. The van der Waals surface area contributed by atoms with Crippen LogP contribution in [-0.2, 0) is 42.9 Å². The molecule has 1 aliphatic rings. The van der Waals surface area contributed by atoms with E-state index in [2.05, 4.69) is 124 Å². The van der Waals surface area contributed by atoms with E-state index in [1.165, 1.54) is 70.6 Å². The predicted molar refractivity (Wildman–Crippen MR) is 340 cm³/mol. The highest BCUT2D eigenvalue weighted by Crippen LogP contribution is 2.26. The summed E-state index contributed by atoms with van der Waals surface area (Å²) in [6, 6.07) is 0. The summed E-state index contributed by atoms with van der Waals surface area (Å²) in [4.78, 5) is 51.4. The van der Waals surface area contributed by atoms with Gasteiger partial charge in [-0.15, -0.1) is 0 Å². The fraction of sp³-hybridized carbons (Fsp3) is 0.690. The van der Waals surface area contributed by atoms with Gasteiger partial charge in [0.1, 0.15) is 18.8 Å². The maximum atomic E-state index is 13.2. The van der Waals surface area contributed by atoms with Crippen LogP contribution in [0.2, 0.25) is 0 Å². The molecule has 83 heavy (non-hydrogen) atoms. The first-order valence-electron chi connectivity index (χ1n) is 32.9. The lowest BCUT2D eigenvalue weighted by Gasteiger charge is -2.40. The fourth-order valence-electron chi connectivity index (χ4n) is 9.29. The summed E-state index contributed by atoms with van der Waals surface area (Å²) in [5.41, 5.74) is 0. The van der Waals surface area contributed by atoms with Crippen molar-refractivity contribution in [1.82, 2.24) is 0 Å². The molecule has 0 amide bonds. The Bertz CT molecular complexity index is 1860. The SMILES string of the molecule is CC/C=C\C/C=C\C/C=C\C/C=C\C/C=C\CCCC(=O)OCC(COC1OC(C(=O)O)C(O)C(O)C1OC(=O)CCCCCCCCCCC/C=C\C/C=C\CCCCC)OC(=O)CCCCCCCCC/C=C\C/C=C\CCCCC. The first kappa shape index (κ1) is 76.4. The number of hydrogen-bond donors (Lipinski definition) is 3. The quantitative estimate of drug-likeness (QED) is 0.0228. The molecule has 1 rings (SSSR count). The van der Waals surface area contributed by atoms with Gasteiger partial charge in [0.15, 0.2) is 24.6 Å². The van der Waals surface area contributed by atoms with Crippen LogP contribution in [0.15, 0.2) is 109 Å². The van der Waals surface area contributed by atoms with Gasteiger partial charge in [-0.3, -0.25) is 14.4 Å². The Hall–Kier alpha value is -4.62. The van der Waals surface area contributed by atoms with Gasteiger partial charge in [0.25, 0.3) is 0 Å². The Balaban J connectivity index is 2.70. The molecule has 0 aromatic carbocycles. The van der Waals surface area contributed by atoms with Gasteiger partial charge in [0.05, 0.1) is 6.61 Å². The lowest BCUT2D eigenvalue weighted by Crippen LogP contribution is -2.61. The van der Waals surface area contributed by atoms with E-state index < -0.39 is 67.3 Å². The predicted octanol–water partition coefficient (Wildman–Crippen LogP) is 17.8. The van der Waals surface area contributed by atoms with Crippen LogP contribution < -0.4 is 0 Å². The number of ether oxygens (including phenoxy) is 5. The molecular formula is C71H116O12. The molecule has 1 aliphatic heterocycles. The highest BCUT2D eigenvalue weighted by atomic mass is 16.7. The zero-order valence-electron chi connectivity index (χ0n) is 52.2. The Kier molecular flexibility index (Phi) is 53.2. The standard InChI is InChI=1S/C71H116O12/c1-4-7-10-13-16-19-22-25-28-31-32-35-38-41-44-47-50-53-56-59-65(74)82-69-67(76)66(75)68(70(77)78)83-71(69)80-61-62(81-64(73)58-55-52-49-46-43-40-37-34-30-27-24-21-18-15-12-9-6-3)60-79-63(72)57-54-51-48-45-42-39-36-33-29-26-23-20-17-14-11-8-5-2/h8,11,16-21,25-30,36,39,45,48,62,66-69,71,75-76H,4-7,9-10,12-15,22-24,31-35,37-38,40-44,46-47,49-61H2,1-3H3,(H,77,78)/b11-8-,19-16-,20-17-,21-18-,28-25-,29-26-,30-27-,39-36-,48-45-. The third-order valence-corrected chi connectivity index (χ3v) is 14.3. The molecule has 12 nitrogen and oxygen atoms in total. The van der Waals surface area contributed by atoms with Gasteiger partial charge in [0.2, 0.25) is 0 Å². The summed E-state index contributed by atoms with van der Waals surface area (Å²) in [7, 11) is 0. The molecule has 6 atom stereocenters. The minimum atomic E-state index is -1.92. The van der Waals surface area contributed by atoms with E-state index in [1.807, 2.05) is 6.08 Å². The van der Waals surface area contributed by atoms with E-state index in [0.717, 1.165) is 128 Å². The molecule has 472 valence electrons. The molecule has 1 fully saturated rings. The molecule has 0 aliphatic carbocycles. The minimum absolute atomic E-state index is 0.0446. The average molecular weight is 1160 g/mol. The van der Waals surface area contributed by atoms with Crippen LogP contribution in [0, 0.1) is 0 Å². The number of hydrogen-bond acceptors (Lipinski definition) is 11. The van der Waals surface area contributed by atoms with E-state index in [1.54, 1.807) is 0 Å². The van der Waals surface area contributed by atoms with Crippen molar-refractivity contribution < 1.29 is 58.2 Å². The number of aliphatic hydroxyl groups is 2. The fourth-order valence-corrected chi connectivity index (χ4v) is 9.29. The number of carbonyl (C=O) groups excluding carboxylic acids is 3. The number of aliphatic hydroxyl groups excluding tert-OH is 2. The second-order valence-corrected chi connectivity index (χ2v) is 22.0. The molecule has 0 saturated carbocycles. The van der Waals surface area contributed by atoms with Crippen molar-refractivity contribution in [2.24, 2.45) is 0 Å². The van der Waals surface area contributed by atoms with Crippen LogP contribution in [0.3, 0.4) is 0 Å². The smallest absolute Gasteiger partial charge is 0.335 e. The molecule has 1 heterocycles. The van der Waals surface area contributed by atoms with Gasteiger partial charge in [-0.2, -0.15) is 0 Å². The number of carbonyl (C=O) groups is 4.